The first-order valence-corrected chi connectivity index (χ1v) is 6.27. The molecule has 0 bridgehead atoms. The number of carbonyl (C=O) groups is 1. The van der Waals surface area contributed by atoms with E-state index in [4.69, 9.17) is 5.73 Å². The second kappa shape index (κ2) is 4.74. The Morgan fingerprint density at radius 2 is 1.90 bits per heavy atom. The Morgan fingerprint density at radius 3 is 2.70 bits per heavy atom. The van der Waals surface area contributed by atoms with Crippen LogP contribution in [0.15, 0.2) is 48.8 Å². The van der Waals surface area contributed by atoms with Gasteiger partial charge < -0.3 is 5.73 Å². The monoisotopic (exact) mass is 263 g/mol. The summed E-state index contributed by atoms with van der Waals surface area (Å²) < 4.78 is 0. The quantitative estimate of drug-likeness (QED) is 0.772. The standard InChI is InChI=1S/C16H13N3O/c1-10-7-13(15-14(8-10)18-5-6-19-15)11-3-2-4-12(9-11)16(17)20/h2-9H,1H3,(H2,17,20). The fraction of sp³-hybridized carbons (Fsp3) is 0.0625. The van der Waals surface area contributed by atoms with Crippen LogP contribution in [0.4, 0.5) is 0 Å². The molecule has 4 heteroatoms. The van der Waals surface area contributed by atoms with Crippen molar-refractivity contribution in [2.75, 3.05) is 0 Å². The fourth-order valence-corrected chi connectivity index (χ4v) is 2.28. The van der Waals surface area contributed by atoms with E-state index in [-0.39, 0.29) is 0 Å². The zero-order valence-corrected chi connectivity index (χ0v) is 11.0. The number of amides is 1. The van der Waals surface area contributed by atoms with Crippen molar-refractivity contribution in [3.63, 3.8) is 0 Å². The van der Waals surface area contributed by atoms with Crippen molar-refractivity contribution < 1.29 is 4.79 Å². The van der Waals surface area contributed by atoms with Gasteiger partial charge >= 0.3 is 0 Å². The molecule has 3 aromatic rings. The molecule has 0 aliphatic heterocycles. The fourth-order valence-electron chi connectivity index (χ4n) is 2.28. The van der Waals surface area contributed by atoms with Crippen LogP contribution in [0, 0.1) is 6.92 Å². The maximum Gasteiger partial charge on any atom is 0.248 e. The maximum absolute atomic E-state index is 11.3. The van der Waals surface area contributed by atoms with Crippen molar-refractivity contribution in [1.82, 2.24) is 9.97 Å². The second-order valence-corrected chi connectivity index (χ2v) is 4.68. The molecular weight excluding hydrogens is 250 g/mol. The SMILES string of the molecule is Cc1cc(-c2cccc(C(N)=O)c2)c2nccnc2c1. The first kappa shape index (κ1) is 12.3. The highest BCUT2D eigenvalue weighted by molar-refractivity contribution is 5.97. The van der Waals surface area contributed by atoms with Crippen LogP contribution in [0.2, 0.25) is 0 Å². The Labute approximate surface area is 116 Å². The summed E-state index contributed by atoms with van der Waals surface area (Å²) in [6, 6.07) is 11.3. The minimum atomic E-state index is -0.435. The maximum atomic E-state index is 11.3. The van der Waals surface area contributed by atoms with Crippen molar-refractivity contribution in [3.8, 4) is 11.1 Å². The minimum Gasteiger partial charge on any atom is -0.366 e. The lowest BCUT2D eigenvalue weighted by atomic mass is 9.99. The van der Waals surface area contributed by atoms with Crippen LogP contribution < -0.4 is 5.73 Å². The second-order valence-electron chi connectivity index (χ2n) is 4.68. The number of nitrogens with zero attached hydrogens (tertiary/aromatic N) is 2. The van der Waals surface area contributed by atoms with Crippen molar-refractivity contribution in [1.29, 1.82) is 0 Å². The predicted octanol–water partition coefficient (Wildman–Crippen LogP) is 2.70. The lowest BCUT2D eigenvalue weighted by molar-refractivity contribution is 0.100. The molecule has 0 spiro atoms. The topological polar surface area (TPSA) is 68.9 Å². The number of carbonyl (C=O) groups excluding carboxylic acids is 1. The van der Waals surface area contributed by atoms with E-state index < -0.39 is 5.91 Å². The number of aryl methyl sites for hydroxylation is 1. The van der Waals surface area contributed by atoms with E-state index >= 15 is 0 Å². The molecule has 1 aromatic heterocycles. The van der Waals surface area contributed by atoms with Gasteiger partial charge in [-0.25, -0.2) is 0 Å². The Morgan fingerprint density at radius 1 is 1.10 bits per heavy atom. The van der Waals surface area contributed by atoms with E-state index in [1.54, 1.807) is 24.5 Å². The van der Waals surface area contributed by atoms with Crippen LogP contribution in [-0.2, 0) is 0 Å². The third-order valence-electron chi connectivity index (χ3n) is 3.18. The van der Waals surface area contributed by atoms with Crippen LogP contribution in [0.5, 0.6) is 0 Å². The number of hydrogen-bond donors (Lipinski definition) is 1. The van der Waals surface area contributed by atoms with Crippen LogP contribution in [0.3, 0.4) is 0 Å². The van der Waals surface area contributed by atoms with Crippen molar-refractivity contribution in [2.24, 2.45) is 5.73 Å². The summed E-state index contributed by atoms with van der Waals surface area (Å²) in [5, 5.41) is 0. The summed E-state index contributed by atoms with van der Waals surface area (Å²) in [5.74, 6) is -0.435. The molecule has 0 atom stereocenters. The van der Waals surface area contributed by atoms with Gasteiger partial charge in [-0.15, -0.1) is 0 Å². The van der Waals surface area contributed by atoms with Gasteiger partial charge in [-0.2, -0.15) is 0 Å². The average Bonchev–Trinajstić information content (AvgIpc) is 2.46. The zero-order chi connectivity index (χ0) is 14.1. The molecule has 1 amide bonds. The molecule has 3 rings (SSSR count). The number of primary amides is 1. The highest BCUT2D eigenvalue weighted by atomic mass is 16.1. The Bertz CT molecular complexity index is 812. The van der Waals surface area contributed by atoms with Crippen LogP contribution in [0.1, 0.15) is 15.9 Å². The van der Waals surface area contributed by atoms with E-state index in [0.717, 1.165) is 27.7 Å². The molecule has 20 heavy (non-hydrogen) atoms. The van der Waals surface area contributed by atoms with Gasteiger partial charge in [0.2, 0.25) is 5.91 Å². The van der Waals surface area contributed by atoms with Gasteiger partial charge in [-0.3, -0.25) is 14.8 Å². The summed E-state index contributed by atoms with van der Waals surface area (Å²) in [6.07, 6.45) is 3.34. The van der Waals surface area contributed by atoms with Crippen molar-refractivity contribution >= 4 is 16.9 Å². The van der Waals surface area contributed by atoms with Crippen LogP contribution in [0.25, 0.3) is 22.2 Å². The molecule has 0 aliphatic rings. The number of fused-ring (bicyclic) bond motifs is 1. The molecular formula is C16H13N3O. The van der Waals surface area contributed by atoms with Crippen molar-refractivity contribution in [2.45, 2.75) is 6.92 Å². The molecule has 0 aliphatic carbocycles. The lowest BCUT2D eigenvalue weighted by Crippen LogP contribution is -2.10. The Kier molecular flexibility index (Phi) is 2.91. The van der Waals surface area contributed by atoms with Crippen molar-refractivity contribution in [3.05, 3.63) is 59.9 Å². The first-order chi connectivity index (χ1) is 9.65. The summed E-state index contributed by atoms with van der Waals surface area (Å²) in [7, 11) is 0. The molecule has 0 saturated heterocycles. The molecule has 1 heterocycles. The van der Waals surface area contributed by atoms with E-state index in [1.165, 1.54) is 0 Å². The first-order valence-electron chi connectivity index (χ1n) is 6.27. The van der Waals surface area contributed by atoms with Gasteiger partial charge in [0.05, 0.1) is 11.0 Å². The van der Waals surface area contributed by atoms with Gasteiger partial charge in [0, 0.05) is 23.5 Å². The van der Waals surface area contributed by atoms with E-state index in [9.17, 15) is 4.79 Å². The molecule has 0 radical (unpaired) electrons. The Hall–Kier alpha value is -2.75. The number of hydrogen-bond acceptors (Lipinski definition) is 3. The third-order valence-corrected chi connectivity index (χ3v) is 3.18. The molecule has 0 unspecified atom stereocenters. The highest BCUT2D eigenvalue weighted by Crippen LogP contribution is 2.28. The van der Waals surface area contributed by atoms with Gasteiger partial charge in [0.25, 0.3) is 0 Å². The molecule has 2 aromatic carbocycles. The minimum absolute atomic E-state index is 0.435. The lowest BCUT2D eigenvalue weighted by Gasteiger charge is -2.08. The highest BCUT2D eigenvalue weighted by Gasteiger charge is 2.09. The third kappa shape index (κ3) is 2.12. The molecule has 4 nitrogen and oxygen atoms in total. The van der Waals surface area contributed by atoms with Crippen LogP contribution >= 0.6 is 0 Å². The summed E-state index contributed by atoms with van der Waals surface area (Å²) >= 11 is 0. The van der Waals surface area contributed by atoms with Crippen LogP contribution in [-0.4, -0.2) is 15.9 Å². The van der Waals surface area contributed by atoms with E-state index in [1.807, 2.05) is 31.2 Å². The molecule has 0 saturated carbocycles. The number of rotatable bonds is 2. The smallest absolute Gasteiger partial charge is 0.248 e. The van der Waals surface area contributed by atoms with Gasteiger partial charge in [-0.1, -0.05) is 12.1 Å². The Balaban J connectivity index is 2.29. The van der Waals surface area contributed by atoms with Gasteiger partial charge in [0.15, 0.2) is 0 Å². The summed E-state index contributed by atoms with van der Waals surface area (Å²) in [4.78, 5) is 20.0. The number of benzene rings is 2. The van der Waals surface area contributed by atoms with E-state index in [0.29, 0.717) is 5.56 Å². The predicted molar refractivity (Wildman–Crippen MR) is 78.2 cm³/mol. The number of nitrogens with two attached hydrogens (primary N) is 1. The largest absolute Gasteiger partial charge is 0.366 e. The van der Waals surface area contributed by atoms with E-state index in [2.05, 4.69) is 9.97 Å². The summed E-state index contributed by atoms with van der Waals surface area (Å²) in [5.41, 5.74) is 10.4. The molecule has 2 N–H and O–H groups in total. The normalized spacial score (nSPS) is 10.7. The van der Waals surface area contributed by atoms with Gasteiger partial charge in [-0.05, 0) is 42.3 Å². The average molecular weight is 263 g/mol. The number of aromatic nitrogens is 2. The summed E-state index contributed by atoms with van der Waals surface area (Å²) in [6.45, 7) is 2.01. The zero-order valence-electron chi connectivity index (χ0n) is 11.0. The van der Waals surface area contributed by atoms with Gasteiger partial charge in [0.1, 0.15) is 0 Å². The molecule has 0 fully saturated rings. The molecule has 98 valence electrons.